The molecule has 2 nitrogen and oxygen atoms in total. The van der Waals surface area contributed by atoms with Crippen LogP contribution in [0.15, 0.2) is 18.5 Å². The van der Waals surface area contributed by atoms with E-state index in [0.717, 1.165) is 11.3 Å². The summed E-state index contributed by atoms with van der Waals surface area (Å²) in [5.41, 5.74) is 7.10. The standard InChI is InChI=1S/C8H9N2.C2H6.K/c1-7-8(4-5-9)3-2-6-10-7;1-2;/h2,4-6H,9H2,1H3;1-2H3;/q-1;;+1/b5-4-;;. The van der Waals surface area contributed by atoms with Gasteiger partial charge in [0.2, 0.25) is 0 Å². The van der Waals surface area contributed by atoms with Gasteiger partial charge in [0.25, 0.3) is 0 Å². The van der Waals surface area contributed by atoms with Gasteiger partial charge in [-0.3, -0.25) is 0 Å². The number of rotatable bonds is 1. The molecule has 3 heteroatoms. The summed E-state index contributed by atoms with van der Waals surface area (Å²) in [5.74, 6) is 0. The van der Waals surface area contributed by atoms with Gasteiger partial charge in [0.1, 0.15) is 0 Å². The number of aromatic nitrogens is 1. The summed E-state index contributed by atoms with van der Waals surface area (Å²) in [7, 11) is 0. The predicted molar refractivity (Wildman–Crippen MR) is 52.4 cm³/mol. The Morgan fingerprint density at radius 2 is 2.08 bits per heavy atom. The number of hydrogen-bond donors (Lipinski definition) is 1. The molecule has 0 aliphatic carbocycles. The van der Waals surface area contributed by atoms with Crippen LogP contribution in [0.1, 0.15) is 25.1 Å². The van der Waals surface area contributed by atoms with Crippen LogP contribution in [0.25, 0.3) is 6.08 Å². The molecule has 0 amide bonds. The first-order valence-corrected chi connectivity index (χ1v) is 4.06. The van der Waals surface area contributed by atoms with Crippen LogP contribution < -0.4 is 57.1 Å². The van der Waals surface area contributed by atoms with Crippen LogP contribution in [0.3, 0.4) is 0 Å². The van der Waals surface area contributed by atoms with Gasteiger partial charge in [-0.1, -0.05) is 27.0 Å². The van der Waals surface area contributed by atoms with Crippen LogP contribution in [0.5, 0.6) is 0 Å². The van der Waals surface area contributed by atoms with E-state index in [4.69, 9.17) is 5.73 Å². The van der Waals surface area contributed by atoms with Crippen LogP contribution in [0, 0.1) is 13.0 Å². The van der Waals surface area contributed by atoms with E-state index in [9.17, 15) is 0 Å². The third kappa shape index (κ3) is 6.40. The molecule has 13 heavy (non-hydrogen) atoms. The zero-order valence-corrected chi connectivity index (χ0v) is 12.0. The van der Waals surface area contributed by atoms with Crippen molar-refractivity contribution in [1.82, 2.24) is 4.98 Å². The largest absolute Gasteiger partial charge is 1.00 e. The van der Waals surface area contributed by atoms with E-state index in [1.54, 1.807) is 18.3 Å². The van der Waals surface area contributed by atoms with Crippen LogP contribution in [-0.2, 0) is 0 Å². The first-order valence-electron chi connectivity index (χ1n) is 4.06. The fraction of sp³-hybridized carbons (Fsp3) is 0.300. The molecule has 0 saturated carbocycles. The molecular weight excluding hydrogens is 187 g/mol. The molecule has 0 aliphatic rings. The summed E-state index contributed by atoms with van der Waals surface area (Å²) in [6.45, 7) is 5.92. The Labute approximate surface area is 123 Å². The van der Waals surface area contributed by atoms with Crippen molar-refractivity contribution in [2.45, 2.75) is 20.8 Å². The molecule has 66 valence electrons. The molecule has 0 atom stereocenters. The summed E-state index contributed by atoms with van der Waals surface area (Å²) >= 11 is 0. The average molecular weight is 202 g/mol. The number of hydrogen-bond acceptors (Lipinski definition) is 2. The maximum Gasteiger partial charge on any atom is 1.00 e. The Morgan fingerprint density at radius 1 is 1.46 bits per heavy atom. The smallest absolute Gasteiger partial charge is 0.412 e. The van der Waals surface area contributed by atoms with E-state index in [1.165, 1.54) is 6.20 Å². The van der Waals surface area contributed by atoms with Crippen molar-refractivity contribution in [3.8, 4) is 0 Å². The topological polar surface area (TPSA) is 38.9 Å². The Morgan fingerprint density at radius 3 is 2.54 bits per heavy atom. The minimum atomic E-state index is 0. The average Bonchev–Trinajstić information content (AvgIpc) is 2.13. The Bertz CT molecular complexity index is 246. The zero-order chi connectivity index (χ0) is 9.40. The molecule has 1 rings (SSSR count). The quantitative estimate of drug-likeness (QED) is 0.476. The molecule has 2 N–H and O–H groups in total. The molecule has 0 fully saturated rings. The van der Waals surface area contributed by atoms with Crippen molar-refractivity contribution >= 4 is 6.08 Å². The maximum atomic E-state index is 5.20. The summed E-state index contributed by atoms with van der Waals surface area (Å²) in [6, 6.07) is 4.77. The van der Waals surface area contributed by atoms with Gasteiger partial charge < -0.3 is 10.7 Å². The van der Waals surface area contributed by atoms with Gasteiger partial charge in [-0.05, 0) is 11.9 Å². The van der Waals surface area contributed by atoms with Gasteiger partial charge in [-0.25, -0.2) is 0 Å². The first kappa shape index (κ1) is 15.8. The van der Waals surface area contributed by atoms with Crippen LogP contribution in [0.2, 0.25) is 0 Å². The van der Waals surface area contributed by atoms with E-state index >= 15 is 0 Å². The molecule has 0 aliphatic heterocycles. The fourth-order valence-corrected chi connectivity index (χ4v) is 0.715. The van der Waals surface area contributed by atoms with E-state index in [1.807, 2.05) is 20.8 Å². The van der Waals surface area contributed by atoms with Gasteiger partial charge in [0.05, 0.1) is 0 Å². The zero-order valence-electron chi connectivity index (χ0n) is 8.83. The van der Waals surface area contributed by atoms with E-state index < -0.39 is 0 Å². The van der Waals surface area contributed by atoms with Crippen molar-refractivity contribution < 1.29 is 51.4 Å². The summed E-state index contributed by atoms with van der Waals surface area (Å²) in [6.07, 6.45) is 4.98. The molecule has 1 aromatic heterocycles. The second-order valence-electron chi connectivity index (χ2n) is 1.95. The molecular formula is C10H15KN2. The maximum absolute atomic E-state index is 5.20. The Balaban J connectivity index is 0. The van der Waals surface area contributed by atoms with Crippen LogP contribution in [0.4, 0.5) is 0 Å². The monoisotopic (exact) mass is 202 g/mol. The van der Waals surface area contributed by atoms with Gasteiger partial charge >= 0.3 is 51.4 Å². The third-order valence-corrected chi connectivity index (χ3v) is 1.23. The predicted octanol–water partition coefficient (Wildman–Crippen LogP) is -0.850. The minimum Gasteiger partial charge on any atom is -0.412 e. The van der Waals surface area contributed by atoms with Gasteiger partial charge in [-0.15, -0.1) is 23.8 Å². The summed E-state index contributed by atoms with van der Waals surface area (Å²) in [4.78, 5) is 4.06. The van der Waals surface area contributed by atoms with E-state index in [2.05, 4.69) is 11.1 Å². The number of nitrogens with two attached hydrogens (primary N) is 1. The fourth-order valence-electron chi connectivity index (χ4n) is 0.715. The molecule has 1 aromatic rings. The third-order valence-electron chi connectivity index (χ3n) is 1.23. The van der Waals surface area contributed by atoms with E-state index in [0.29, 0.717) is 0 Å². The van der Waals surface area contributed by atoms with Crippen molar-refractivity contribution in [1.29, 1.82) is 0 Å². The van der Waals surface area contributed by atoms with Crippen molar-refractivity contribution in [3.05, 3.63) is 35.8 Å². The van der Waals surface area contributed by atoms with Crippen molar-refractivity contribution in [2.75, 3.05) is 0 Å². The molecule has 0 aromatic carbocycles. The Kier molecular flexibility index (Phi) is 12.6. The van der Waals surface area contributed by atoms with Crippen LogP contribution in [-0.4, -0.2) is 4.98 Å². The molecule has 0 bridgehead atoms. The summed E-state index contributed by atoms with van der Waals surface area (Å²) in [5, 5.41) is 0. The normalized spacial score (nSPS) is 8.54. The molecule has 0 radical (unpaired) electrons. The van der Waals surface area contributed by atoms with E-state index in [-0.39, 0.29) is 51.4 Å². The van der Waals surface area contributed by atoms with Crippen LogP contribution >= 0.6 is 0 Å². The second kappa shape index (κ2) is 10.4. The minimum absolute atomic E-state index is 0. The first-order chi connectivity index (χ1) is 5.84. The van der Waals surface area contributed by atoms with Crippen molar-refractivity contribution in [2.24, 2.45) is 5.73 Å². The molecule has 0 unspecified atom stereocenters. The molecule has 1 heterocycles. The summed E-state index contributed by atoms with van der Waals surface area (Å²) < 4.78 is 0. The number of nitrogens with zero attached hydrogens (tertiary/aromatic N) is 1. The molecule has 0 spiro atoms. The number of pyridine rings is 1. The number of aryl methyl sites for hydroxylation is 1. The van der Waals surface area contributed by atoms with Crippen molar-refractivity contribution in [3.63, 3.8) is 0 Å². The SMILES string of the molecule is CC.Cc1ncc[c-]c1/C=C\N.[K+]. The van der Waals surface area contributed by atoms with Gasteiger partial charge in [-0.2, -0.15) is 0 Å². The van der Waals surface area contributed by atoms with Gasteiger partial charge in [0.15, 0.2) is 0 Å². The van der Waals surface area contributed by atoms with Gasteiger partial charge in [0, 0.05) is 0 Å². The molecule has 0 saturated heterocycles. The Hall–Kier alpha value is 0.326. The second-order valence-corrected chi connectivity index (χ2v) is 1.95.